The van der Waals surface area contributed by atoms with Crippen molar-refractivity contribution in [1.82, 2.24) is 0 Å². The first-order chi connectivity index (χ1) is 51.7. The van der Waals surface area contributed by atoms with E-state index in [1.54, 1.807) is 0 Å². The molecule has 0 rings (SSSR count). The summed E-state index contributed by atoms with van der Waals surface area (Å²) in [4.78, 5) is 73.0. The molecule has 0 aliphatic rings. The van der Waals surface area contributed by atoms with Crippen molar-refractivity contribution >= 4 is 39.5 Å². The van der Waals surface area contributed by atoms with Gasteiger partial charge in [0.2, 0.25) is 0 Å². The Morgan fingerprint density at radius 1 is 0.274 bits per heavy atom. The van der Waals surface area contributed by atoms with Gasteiger partial charge in [-0.05, 0) is 167 Å². The van der Waals surface area contributed by atoms with Gasteiger partial charge in [0.05, 0.1) is 26.4 Å². The average molecular weight is 1520 g/mol. The smallest absolute Gasteiger partial charge is 0.462 e. The minimum absolute atomic E-state index is 0.00436. The van der Waals surface area contributed by atoms with Crippen LogP contribution in [0, 0.1) is 0 Å². The number of phosphoric acid groups is 2. The lowest BCUT2D eigenvalue weighted by atomic mass is 10.1. The van der Waals surface area contributed by atoms with Gasteiger partial charge in [-0.25, -0.2) is 9.13 Å². The topological polar surface area (TPSA) is 237 Å². The van der Waals surface area contributed by atoms with E-state index in [2.05, 4.69) is 180 Å². The Hall–Kier alpha value is -5.84. The van der Waals surface area contributed by atoms with E-state index in [1.165, 1.54) is 38.5 Å². The van der Waals surface area contributed by atoms with E-state index in [9.17, 15) is 43.2 Å². The third-order valence-corrected chi connectivity index (χ3v) is 17.7. The van der Waals surface area contributed by atoms with E-state index >= 15 is 0 Å². The summed E-state index contributed by atoms with van der Waals surface area (Å²) in [5.74, 6) is -2.39. The van der Waals surface area contributed by atoms with Crippen LogP contribution in [-0.2, 0) is 65.4 Å². The Labute approximate surface area is 641 Å². The van der Waals surface area contributed by atoms with Gasteiger partial charge in [0.1, 0.15) is 19.3 Å². The van der Waals surface area contributed by atoms with Gasteiger partial charge >= 0.3 is 39.5 Å². The molecule has 0 bridgehead atoms. The van der Waals surface area contributed by atoms with Gasteiger partial charge < -0.3 is 33.8 Å². The molecule has 0 aromatic heterocycles. The van der Waals surface area contributed by atoms with Crippen molar-refractivity contribution in [2.45, 2.75) is 303 Å². The lowest BCUT2D eigenvalue weighted by Gasteiger charge is -2.21. The fourth-order valence-corrected chi connectivity index (χ4v) is 11.4. The number of aliphatic hydroxyl groups is 1. The van der Waals surface area contributed by atoms with Gasteiger partial charge in [0, 0.05) is 25.7 Å². The monoisotopic (exact) mass is 1520 g/mol. The summed E-state index contributed by atoms with van der Waals surface area (Å²) >= 11 is 0. The number of hydrogen-bond acceptors (Lipinski definition) is 15. The molecule has 0 radical (unpaired) electrons. The third-order valence-electron chi connectivity index (χ3n) is 15.8. The van der Waals surface area contributed by atoms with Gasteiger partial charge in [0.25, 0.3) is 0 Å². The number of esters is 4. The Kier molecular flexibility index (Phi) is 73.1. The molecule has 0 aromatic rings. The molecule has 17 nitrogen and oxygen atoms in total. The summed E-state index contributed by atoms with van der Waals surface area (Å²) in [5, 5.41) is 10.6. The summed E-state index contributed by atoms with van der Waals surface area (Å²) in [7, 11) is -10.0. The van der Waals surface area contributed by atoms with Crippen LogP contribution in [-0.4, -0.2) is 96.7 Å². The molecule has 0 spiro atoms. The van der Waals surface area contributed by atoms with E-state index in [0.717, 1.165) is 154 Å². The second-order valence-electron chi connectivity index (χ2n) is 25.9. The number of hydrogen-bond donors (Lipinski definition) is 3. The molecule has 0 saturated carbocycles. The Morgan fingerprint density at radius 3 is 0.849 bits per heavy atom. The molecule has 3 unspecified atom stereocenters. The Bertz CT molecular complexity index is 2730. The van der Waals surface area contributed by atoms with E-state index in [0.29, 0.717) is 38.5 Å². The molecule has 19 heteroatoms. The van der Waals surface area contributed by atoms with Crippen LogP contribution in [0.4, 0.5) is 0 Å². The molecular weight excluding hydrogens is 1380 g/mol. The van der Waals surface area contributed by atoms with Gasteiger partial charge in [-0.3, -0.25) is 37.3 Å². The highest BCUT2D eigenvalue weighted by atomic mass is 31.2. The van der Waals surface area contributed by atoms with Crippen molar-refractivity contribution in [1.29, 1.82) is 0 Å². The zero-order chi connectivity index (χ0) is 77.4. The lowest BCUT2D eigenvalue weighted by molar-refractivity contribution is -0.161. The molecule has 0 amide bonds. The molecule has 0 saturated heterocycles. The summed E-state index contributed by atoms with van der Waals surface area (Å²) in [6, 6.07) is 0. The van der Waals surface area contributed by atoms with Crippen LogP contribution in [0.15, 0.2) is 182 Å². The standard InChI is InChI=1S/C87H140O17P2/c1-5-9-13-17-21-25-29-33-37-39-40-42-45-48-52-56-60-64-68-72-85(90)98-78-83(104-87(92)74-70-66-62-58-54-50-46-41-38-34-30-26-22-18-14-10-6-2)80-102-106(95,96)100-76-81(88)75-99-105(93,94)101-79-82(103-86(91)73-69-65-61-57-53-49-44-36-32-28-24-20-16-12-8-4)77-97-84(89)71-67-63-59-55-51-47-43-35-31-27-23-19-15-11-7-3/h9,11,13,15,21-28,33-38,40,42-44,46,48,50,52,58,60,62,64,81-83,88H,5-8,10,12,14,16-20,29-32,39,41,45,47,49,51,53-57,59,61,63,65-80H2,1-4H3,(H,93,94)(H,95,96)/b13-9-,15-11-,25-21-,26-22-,27-23-,28-24-,37-33-,38-34-,42-40-,43-35-,44-36-,50-46-,52-48-,62-58-,64-60-/t81?,82-,83-/m1/s1. The van der Waals surface area contributed by atoms with Gasteiger partial charge in [-0.1, -0.05) is 274 Å². The number of unbranched alkanes of at least 4 members (excludes halogenated alkanes) is 17. The first kappa shape index (κ1) is 100. The second-order valence-corrected chi connectivity index (χ2v) is 28.8. The lowest BCUT2D eigenvalue weighted by Crippen LogP contribution is -2.30. The zero-order valence-corrected chi connectivity index (χ0v) is 67.3. The maximum atomic E-state index is 13.1. The predicted octanol–water partition coefficient (Wildman–Crippen LogP) is 23.6. The highest BCUT2D eigenvalue weighted by Crippen LogP contribution is 2.45. The number of allylic oxidation sites excluding steroid dienone is 30. The summed E-state index contributed by atoms with van der Waals surface area (Å²) in [6.07, 6.45) is 93.2. The van der Waals surface area contributed by atoms with Crippen LogP contribution >= 0.6 is 15.6 Å². The van der Waals surface area contributed by atoms with Crippen LogP contribution in [0.2, 0.25) is 0 Å². The van der Waals surface area contributed by atoms with E-state index < -0.39 is 97.5 Å². The van der Waals surface area contributed by atoms with Crippen LogP contribution in [0.25, 0.3) is 0 Å². The molecule has 3 N–H and O–H groups in total. The van der Waals surface area contributed by atoms with Crippen LogP contribution in [0.1, 0.15) is 285 Å². The molecular formula is C87H140O17P2. The molecule has 106 heavy (non-hydrogen) atoms. The highest BCUT2D eigenvalue weighted by Gasteiger charge is 2.30. The molecule has 0 aliphatic heterocycles. The summed E-state index contributed by atoms with van der Waals surface area (Å²) < 4.78 is 68.5. The van der Waals surface area contributed by atoms with Crippen molar-refractivity contribution in [2.24, 2.45) is 0 Å². The van der Waals surface area contributed by atoms with Crippen LogP contribution in [0.5, 0.6) is 0 Å². The summed E-state index contributed by atoms with van der Waals surface area (Å²) in [6.45, 7) is 4.39. The molecule has 5 atom stereocenters. The quantitative estimate of drug-likeness (QED) is 0.0169. The van der Waals surface area contributed by atoms with Crippen molar-refractivity contribution in [2.75, 3.05) is 39.6 Å². The summed E-state index contributed by atoms with van der Waals surface area (Å²) in [5.41, 5.74) is 0. The highest BCUT2D eigenvalue weighted by molar-refractivity contribution is 7.47. The van der Waals surface area contributed by atoms with Gasteiger partial charge in [-0.2, -0.15) is 0 Å². The molecule has 0 fully saturated rings. The molecule has 600 valence electrons. The van der Waals surface area contributed by atoms with Crippen LogP contribution in [0.3, 0.4) is 0 Å². The maximum absolute atomic E-state index is 13.1. The first-order valence-corrected chi connectivity index (χ1v) is 43.0. The Morgan fingerprint density at radius 2 is 0.519 bits per heavy atom. The normalized spacial score (nSPS) is 14.8. The van der Waals surface area contributed by atoms with E-state index in [-0.39, 0.29) is 25.7 Å². The maximum Gasteiger partial charge on any atom is 0.472 e. The number of ether oxygens (including phenoxy) is 4. The van der Waals surface area contributed by atoms with Crippen molar-refractivity contribution in [3.8, 4) is 0 Å². The average Bonchev–Trinajstić information content (AvgIpc) is 0.902. The number of carbonyl (C=O) groups excluding carboxylic acids is 4. The van der Waals surface area contributed by atoms with Crippen LogP contribution < -0.4 is 0 Å². The first-order valence-electron chi connectivity index (χ1n) is 40.0. The number of phosphoric ester groups is 2. The molecule has 0 heterocycles. The Balaban J connectivity index is 5.53. The number of rotatable bonds is 73. The third kappa shape index (κ3) is 76.4. The predicted molar refractivity (Wildman–Crippen MR) is 436 cm³/mol. The molecule has 0 aliphatic carbocycles. The minimum atomic E-state index is -5.02. The largest absolute Gasteiger partial charge is 0.472 e. The number of carbonyl (C=O) groups is 4. The minimum Gasteiger partial charge on any atom is -0.462 e. The second kappa shape index (κ2) is 77.3. The van der Waals surface area contributed by atoms with E-state index in [1.807, 2.05) is 30.4 Å². The SMILES string of the molecule is CC/C=C\C/C=C\C/C=C\C/C=C\C/C=C\C/C=C\CCC(=O)OC[C@H](COP(=O)(O)OCC(O)COP(=O)(O)OC[C@@H](COC(=O)CCCCCCC/C=C\C/C=C\C/C=C\CC)OC(=O)CCCCCCC/C=C\C/C=C\CCCCC)OC(=O)CCC/C=C\C/C=C\C/C=C\C/C=C\CCCCC. The zero-order valence-electron chi connectivity index (χ0n) is 65.5. The number of aliphatic hydroxyl groups excluding tert-OH is 1. The fourth-order valence-electron chi connectivity index (χ4n) is 9.81. The van der Waals surface area contributed by atoms with Gasteiger partial charge in [0.15, 0.2) is 12.2 Å². The van der Waals surface area contributed by atoms with Gasteiger partial charge in [-0.15, -0.1) is 0 Å². The fraction of sp³-hybridized carbons (Fsp3) is 0.609. The molecule has 0 aromatic carbocycles. The van der Waals surface area contributed by atoms with Crippen molar-refractivity contribution < 1.29 is 80.2 Å². The van der Waals surface area contributed by atoms with Crippen molar-refractivity contribution in [3.05, 3.63) is 182 Å². The van der Waals surface area contributed by atoms with E-state index in [4.69, 9.17) is 37.0 Å². The van der Waals surface area contributed by atoms with Crippen molar-refractivity contribution in [3.63, 3.8) is 0 Å².